The van der Waals surface area contributed by atoms with E-state index in [-0.39, 0.29) is 10.3 Å². The molecule has 0 spiro atoms. The Morgan fingerprint density at radius 2 is 1.84 bits per heavy atom. The summed E-state index contributed by atoms with van der Waals surface area (Å²) in [6, 6.07) is 10.3. The van der Waals surface area contributed by atoms with Crippen molar-refractivity contribution in [3.8, 4) is 0 Å². The molecule has 2 nitrogen and oxygen atoms in total. The maximum absolute atomic E-state index is 5.95. The van der Waals surface area contributed by atoms with Crippen LogP contribution in [0.25, 0.3) is 0 Å². The fourth-order valence-corrected chi connectivity index (χ4v) is 2.69. The molecule has 0 aromatic heterocycles. The third-order valence-corrected chi connectivity index (χ3v) is 4.13. The number of ether oxygens (including phenoxy) is 1. The van der Waals surface area contributed by atoms with Crippen LogP contribution in [0, 0.1) is 0 Å². The van der Waals surface area contributed by atoms with E-state index in [2.05, 4.69) is 39.8 Å². The molecule has 0 saturated heterocycles. The van der Waals surface area contributed by atoms with Gasteiger partial charge in [-0.15, -0.1) is 0 Å². The maximum atomic E-state index is 5.95. The largest absolute Gasteiger partial charge is 0.373 e. The average Bonchev–Trinajstić information content (AvgIpc) is 2.31. The van der Waals surface area contributed by atoms with Crippen molar-refractivity contribution < 1.29 is 8.92 Å². The third-order valence-electron chi connectivity index (χ3n) is 3.14. The van der Waals surface area contributed by atoms with Gasteiger partial charge in [0.25, 0.3) is 0 Å². The molecule has 0 N–H and O–H groups in total. The Morgan fingerprint density at radius 1 is 1.21 bits per heavy atom. The van der Waals surface area contributed by atoms with E-state index in [1.54, 1.807) is 12.0 Å². The van der Waals surface area contributed by atoms with Crippen LogP contribution in [0.1, 0.15) is 46.1 Å². The quantitative estimate of drug-likeness (QED) is 0.735. The topological polar surface area (TPSA) is 18.5 Å². The zero-order valence-electron chi connectivity index (χ0n) is 12.3. The molecule has 0 atom stereocenters. The Labute approximate surface area is 121 Å². The van der Waals surface area contributed by atoms with Gasteiger partial charge in [-0.3, -0.25) is 0 Å². The summed E-state index contributed by atoms with van der Waals surface area (Å²) in [5, 5.41) is 0. The lowest BCUT2D eigenvalue weighted by Gasteiger charge is -2.44. The van der Waals surface area contributed by atoms with E-state index >= 15 is 0 Å². The fraction of sp³-hybridized carbons (Fsp3) is 0.625. The van der Waals surface area contributed by atoms with Gasteiger partial charge in [0, 0.05) is 17.6 Å². The Bertz CT molecular complexity index is 391. The van der Waals surface area contributed by atoms with Gasteiger partial charge in [-0.1, -0.05) is 30.3 Å². The van der Waals surface area contributed by atoms with Crippen molar-refractivity contribution in [2.75, 3.05) is 0 Å². The molecule has 0 amide bonds. The molecule has 0 unspecified atom stereocenters. The van der Waals surface area contributed by atoms with Crippen LogP contribution in [-0.4, -0.2) is 16.5 Å². The summed E-state index contributed by atoms with van der Waals surface area (Å²) in [4.78, 5) is 0. The lowest BCUT2D eigenvalue weighted by molar-refractivity contribution is -0.113. The molecule has 106 valence electrons. The SMILES string of the molecule is CC1(OSC(C)(C)C)CC(OCc2ccccc2)C1. The van der Waals surface area contributed by atoms with Crippen molar-refractivity contribution in [3.05, 3.63) is 35.9 Å². The van der Waals surface area contributed by atoms with Crippen LogP contribution in [0.2, 0.25) is 0 Å². The maximum Gasteiger partial charge on any atom is 0.0850 e. The second-order valence-electron chi connectivity index (χ2n) is 6.56. The minimum Gasteiger partial charge on any atom is -0.373 e. The number of hydrogen-bond donors (Lipinski definition) is 0. The first-order valence-electron chi connectivity index (χ1n) is 6.89. The van der Waals surface area contributed by atoms with Gasteiger partial charge in [0.05, 0.1) is 18.3 Å². The molecule has 1 saturated carbocycles. The fourth-order valence-electron chi connectivity index (χ4n) is 2.10. The molecular formula is C16H24O2S. The van der Waals surface area contributed by atoms with E-state index < -0.39 is 0 Å². The number of benzene rings is 1. The van der Waals surface area contributed by atoms with Gasteiger partial charge in [-0.25, -0.2) is 0 Å². The molecular weight excluding hydrogens is 256 g/mol. The molecule has 0 radical (unpaired) electrons. The van der Waals surface area contributed by atoms with Gasteiger partial charge < -0.3 is 8.92 Å². The second kappa shape index (κ2) is 5.86. The first kappa shape index (κ1) is 14.9. The monoisotopic (exact) mass is 280 g/mol. The van der Waals surface area contributed by atoms with Crippen LogP contribution in [0.3, 0.4) is 0 Å². The zero-order chi connectivity index (χ0) is 13.9. The van der Waals surface area contributed by atoms with E-state index in [1.165, 1.54) is 5.56 Å². The zero-order valence-corrected chi connectivity index (χ0v) is 13.1. The van der Waals surface area contributed by atoms with Crippen molar-refractivity contribution in [3.63, 3.8) is 0 Å². The summed E-state index contributed by atoms with van der Waals surface area (Å²) >= 11 is 1.58. The molecule has 3 heteroatoms. The molecule has 1 aromatic rings. The van der Waals surface area contributed by atoms with Gasteiger partial charge in [-0.05, 0) is 45.3 Å². The highest BCUT2D eigenvalue weighted by molar-refractivity contribution is 7.96. The van der Waals surface area contributed by atoms with E-state index in [1.807, 2.05) is 18.2 Å². The average molecular weight is 280 g/mol. The van der Waals surface area contributed by atoms with Gasteiger partial charge in [0.15, 0.2) is 0 Å². The van der Waals surface area contributed by atoms with E-state index in [4.69, 9.17) is 8.92 Å². The second-order valence-corrected chi connectivity index (χ2v) is 8.11. The summed E-state index contributed by atoms with van der Waals surface area (Å²) in [6.45, 7) is 9.39. The molecule has 1 aromatic carbocycles. The predicted octanol–water partition coefficient (Wildman–Crippen LogP) is 4.59. The van der Waals surface area contributed by atoms with Gasteiger partial charge in [0.2, 0.25) is 0 Å². The van der Waals surface area contributed by atoms with E-state index in [0.717, 1.165) is 12.8 Å². The molecule has 0 bridgehead atoms. The first-order valence-corrected chi connectivity index (χ1v) is 7.63. The first-order chi connectivity index (χ1) is 8.86. The molecule has 2 rings (SSSR count). The Morgan fingerprint density at radius 3 is 2.42 bits per heavy atom. The summed E-state index contributed by atoms with van der Waals surface area (Å²) in [5.74, 6) is 0. The standard InChI is InChI=1S/C16H24O2S/c1-15(2,3)19-18-16(4)10-14(11-16)17-12-13-8-6-5-7-9-13/h5-9,14H,10-12H2,1-4H3. The van der Waals surface area contributed by atoms with Crippen LogP contribution in [-0.2, 0) is 15.5 Å². The molecule has 19 heavy (non-hydrogen) atoms. The lowest BCUT2D eigenvalue weighted by atomic mass is 9.79. The summed E-state index contributed by atoms with van der Waals surface area (Å²) in [5.41, 5.74) is 1.22. The summed E-state index contributed by atoms with van der Waals surface area (Å²) in [6.07, 6.45) is 2.32. The number of rotatable bonds is 5. The summed E-state index contributed by atoms with van der Waals surface area (Å²) < 4.78 is 12.0. The molecule has 0 aliphatic heterocycles. The third kappa shape index (κ3) is 4.83. The van der Waals surface area contributed by atoms with Crippen molar-refractivity contribution in [1.29, 1.82) is 0 Å². The Kier molecular flexibility index (Phi) is 4.59. The van der Waals surface area contributed by atoms with Crippen molar-refractivity contribution in [2.24, 2.45) is 0 Å². The molecule has 1 aliphatic carbocycles. The van der Waals surface area contributed by atoms with Crippen LogP contribution in [0.15, 0.2) is 30.3 Å². The number of hydrogen-bond acceptors (Lipinski definition) is 3. The smallest absolute Gasteiger partial charge is 0.0850 e. The lowest BCUT2D eigenvalue weighted by Crippen LogP contribution is -2.47. The normalized spacial score (nSPS) is 27.1. The van der Waals surface area contributed by atoms with Crippen LogP contribution < -0.4 is 0 Å². The van der Waals surface area contributed by atoms with Crippen molar-refractivity contribution >= 4 is 12.0 Å². The summed E-state index contributed by atoms with van der Waals surface area (Å²) in [7, 11) is 0. The Hall–Kier alpha value is -0.510. The van der Waals surface area contributed by atoms with Crippen molar-refractivity contribution in [1.82, 2.24) is 0 Å². The van der Waals surface area contributed by atoms with E-state index in [0.29, 0.717) is 12.7 Å². The van der Waals surface area contributed by atoms with Gasteiger partial charge >= 0.3 is 0 Å². The highest BCUT2D eigenvalue weighted by atomic mass is 32.2. The molecule has 1 aliphatic rings. The molecule has 0 heterocycles. The highest BCUT2D eigenvalue weighted by Crippen LogP contribution is 2.43. The minimum absolute atomic E-state index is 0.0146. The predicted molar refractivity (Wildman–Crippen MR) is 81.1 cm³/mol. The highest BCUT2D eigenvalue weighted by Gasteiger charge is 2.43. The van der Waals surface area contributed by atoms with Gasteiger partial charge in [-0.2, -0.15) is 0 Å². The van der Waals surface area contributed by atoms with Crippen molar-refractivity contribution in [2.45, 2.75) is 63.6 Å². The van der Waals surface area contributed by atoms with Crippen LogP contribution in [0.4, 0.5) is 0 Å². The molecule has 1 fully saturated rings. The minimum atomic E-state index is -0.0146. The van der Waals surface area contributed by atoms with Crippen LogP contribution >= 0.6 is 12.0 Å². The van der Waals surface area contributed by atoms with E-state index in [9.17, 15) is 0 Å². The Balaban J connectivity index is 1.68. The van der Waals surface area contributed by atoms with Gasteiger partial charge in [0.1, 0.15) is 0 Å². The van der Waals surface area contributed by atoms with Crippen LogP contribution in [0.5, 0.6) is 0 Å².